The van der Waals surface area contributed by atoms with Crippen molar-refractivity contribution >= 4 is 18.0 Å². The number of oxazole rings is 1. The Balaban J connectivity index is 1.79. The summed E-state index contributed by atoms with van der Waals surface area (Å²) in [7, 11) is 0. The summed E-state index contributed by atoms with van der Waals surface area (Å²) in [5, 5.41) is 2.73. The number of guanidine groups is 1. The number of nitrogens with one attached hydrogen (secondary N) is 1. The summed E-state index contributed by atoms with van der Waals surface area (Å²) in [5.41, 5.74) is 8.11. The third-order valence-corrected chi connectivity index (χ3v) is 6.53. The minimum atomic E-state index is -1.21. The van der Waals surface area contributed by atoms with Crippen molar-refractivity contribution < 1.29 is 18.7 Å². The average molecular weight is 532 g/mol. The summed E-state index contributed by atoms with van der Waals surface area (Å²) >= 11 is 0. The maximum absolute atomic E-state index is 14.5. The van der Waals surface area contributed by atoms with Gasteiger partial charge in [0.05, 0.1) is 11.7 Å². The molecule has 2 amide bonds. The number of hydrogen-bond donors (Lipinski definition) is 2. The van der Waals surface area contributed by atoms with Crippen molar-refractivity contribution in [2.24, 2.45) is 16.1 Å². The van der Waals surface area contributed by atoms with Crippen molar-refractivity contribution in [3.63, 3.8) is 0 Å². The van der Waals surface area contributed by atoms with Crippen LogP contribution in [0.2, 0.25) is 0 Å². The first-order valence-electron chi connectivity index (χ1n) is 13.1. The number of amides is 2. The normalized spacial score (nSPS) is 18.3. The van der Waals surface area contributed by atoms with E-state index in [0.29, 0.717) is 17.7 Å². The fraction of sp³-hybridized carbons (Fsp3) is 0.400. The minimum absolute atomic E-state index is 0.0761. The number of aromatic nitrogens is 1. The third kappa shape index (κ3) is 5.97. The summed E-state index contributed by atoms with van der Waals surface area (Å²) in [6.07, 6.45) is 1.26. The zero-order chi connectivity index (χ0) is 28.4. The number of aliphatic imine (C=N–C) groups is 1. The van der Waals surface area contributed by atoms with Gasteiger partial charge < -0.3 is 20.2 Å². The van der Waals surface area contributed by atoms with Gasteiger partial charge >= 0.3 is 6.09 Å². The second-order valence-electron chi connectivity index (χ2n) is 11.4. The van der Waals surface area contributed by atoms with Crippen molar-refractivity contribution in [2.75, 3.05) is 6.61 Å². The molecule has 0 fully saturated rings. The number of rotatable bonds is 8. The molecule has 4 rings (SSSR count). The van der Waals surface area contributed by atoms with Gasteiger partial charge in [0, 0.05) is 11.6 Å². The smallest absolute Gasteiger partial charge is 0.407 e. The van der Waals surface area contributed by atoms with E-state index in [-0.39, 0.29) is 29.9 Å². The van der Waals surface area contributed by atoms with Crippen LogP contribution < -0.4 is 11.1 Å². The van der Waals surface area contributed by atoms with Crippen molar-refractivity contribution in [1.82, 2.24) is 15.2 Å². The number of benzene rings is 2. The predicted octanol–water partition coefficient (Wildman–Crippen LogP) is 5.31. The monoisotopic (exact) mass is 531 g/mol. The van der Waals surface area contributed by atoms with Crippen LogP contribution in [-0.4, -0.2) is 40.5 Å². The van der Waals surface area contributed by atoms with Crippen LogP contribution >= 0.6 is 0 Å². The number of carbonyl (C=O) groups excluding carboxylic acids is 2. The number of aryl methyl sites for hydroxylation is 1. The molecule has 2 atom stereocenters. The summed E-state index contributed by atoms with van der Waals surface area (Å²) in [4.78, 5) is 37.4. The molecule has 2 heterocycles. The van der Waals surface area contributed by atoms with Gasteiger partial charge in [-0.15, -0.1) is 0 Å². The molecule has 39 heavy (non-hydrogen) atoms. The van der Waals surface area contributed by atoms with Crippen molar-refractivity contribution in [2.45, 2.75) is 65.6 Å². The zero-order valence-electron chi connectivity index (χ0n) is 23.4. The predicted molar refractivity (Wildman–Crippen MR) is 150 cm³/mol. The fourth-order valence-electron chi connectivity index (χ4n) is 5.01. The Morgan fingerprint density at radius 2 is 1.87 bits per heavy atom. The molecule has 1 aliphatic heterocycles. The molecule has 9 nitrogen and oxygen atoms in total. The van der Waals surface area contributed by atoms with Crippen molar-refractivity contribution in [3.05, 3.63) is 77.8 Å². The van der Waals surface area contributed by atoms with Gasteiger partial charge in [-0.2, -0.15) is 0 Å². The lowest BCUT2D eigenvalue weighted by atomic mass is 9.75. The number of nitrogens with zero attached hydrogens (tertiary/aromatic N) is 3. The van der Waals surface area contributed by atoms with Gasteiger partial charge in [-0.3, -0.25) is 9.69 Å². The highest BCUT2D eigenvalue weighted by Crippen LogP contribution is 2.44. The van der Waals surface area contributed by atoms with Gasteiger partial charge in [0.25, 0.3) is 5.91 Å². The Morgan fingerprint density at radius 1 is 1.15 bits per heavy atom. The van der Waals surface area contributed by atoms with Gasteiger partial charge in [-0.05, 0) is 49.8 Å². The first-order valence-corrected chi connectivity index (χ1v) is 13.1. The van der Waals surface area contributed by atoms with Crippen molar-refractivity contribution in [1.29, 1.82) is 0 Å². The van der Waals surface area contributed by atoms with Gasteiger partial charge in [0.1, 0.15) is 6.61 Å². The molecule has 0 radical (unpaired) electrons. The zero-order valence-corrected chi connectivity index (χ0v) is 23.4. The minimum Gasteiger partial charge on any atom is -0.447 e. The molecule has 1 aliphatic rings. The van der Waals surface area contributed by atoms with E-state index in [1.807, 2.05) is 75.4 Å². The van der Waals surface area contributed by atoms with E-state index >= 15 is 0 Å². The molecule has 0 bridgehead atoms. The maximum atomic E-state index is 14.5. The van der Waals surface area contributed by atoms with Crippen LogP contribution in [0.4, 0.5) is 4.79 Å². The number of hydrogen-bond acceptors (Lipinski definition) is 7. The molecule has 0 saturated carbocycles. The Bertz CT molecular complexity index is 1360. The highest BCUT2D eigenvalue weighted by atomic mass is 16.5. The number of alkyl carbamates (subject to hydrolysis) is 1. The Kier molecular flexibility index (Phi) is 7.81. The average Bonchev–Trinajstić information content (AvgIpc) is 3.40. The number of ether oxygens (including phenoxy) is 1. The number of nitrogens with two attached hydrogens (primary N) is 1. The fourth-order valence-corrected chi connectivity index (χ4v) is 5.01. The Hall–Kier alpha value is -4.14. The van der Waals surface area contributed by atoms with E-state index in [1.165, 1.54) is 11.3 Å². The molecule has 0 saturated heterocycles. The first-order chi connectivity index (χ1) is 18.4. The second kappa shape index (κ2) is 10.9. The summed E-state index contributed by atoms with van der Waals surface area (Å²) < 4.78 is 11.2. The van der Waals surface area contributed by atoms with Gasteiger partial charge in [0.15, 0.2) is 23.7 Å². The highest BCUT2D eigenvalue weighted by Gasteiger charge is 2.53. The van der Waals surface area contributed by atoms with Crippen LogP contribution in [0.25, 0.3) is 11.3 Å². The summed E-state index contributed by atoms with van der Waals surface area (Å²) in [6, 6.07) is 16.2. The quantitative estimate of drug-likeness (QED) is 0.406. The van der Waals surface area contributed by atoms with Crippen LogP contribution in [-0.2, 0) is 15.1 Å². The SMILES string of the molecule is Cc1ncoc1-c1cccc([C@@H](COC(=O)NC(C)C)N2C(=O)[C@@](CC(C)(C)C)(c3ccccc3)N=C2N)c1. The van der Waals surface area contributed by atoms with Crippen LogP contribution in [0.5, 0.6) is 0 Å². The third-order valence-electron chi connectivity index (χ3n) is 6.53. The summed E-state index contributed by atoms with van der Waals surface area (Å²) in [5.74, 6) is 0.433. The largest absolute Gasteiger partial charge is 0.447 e. The molecule has 0 aliphatic carbocycles. The topological polar surface area (TPSA) is 123 Å². The molecule has 3 N–H and O–H groups in total. The molecule has 0 spiro atoms. The van der Waals surface area contributed by atoms with E-state index in [9.17, 15) is 9.59 Å². The molecule has 206 valence electrons. The van der Waals surface area contributed by atoms with Gasteiger partial charge in [0.2, 0.25) is 0 Å². The van der Waals surface area contributed by atoms with E-state index in [2.05, 4.69) is 31.1 Å². The molecule has 0 unspecified atom stereocenters. The number of carbonyl (C=O) groups is 2. The lowest BCUT2D eigenvalue weighted by Crippen LogP contribution is -2.47. The van der Waals surface area contributed by atoms with Gasteiger partial charge in [-0.25, -0.2) is 14.8 Å². The first kappa shape index (κ1) is 27.9. The van der Waals surface area contributed by atoms with Crippen LogP contribution in [0.3, 0.4) is 0 Å². The van der Waals surface area contributed by atoms with Crippen LogP contribution in [0, 0.1) is 12.3 Å². The Morgan fingerprint density at radius 3 is 2.49 bits per heavy atom. The van der Waals surface area contributed by atoms with E-state index < -0.39 is 17.7 Å². The molecule has 3 aromatic rings. The van der Waals surface area contributed by atoms with Crippen molar-refractivity contribution in [3.8, 4) is 11.3 Å². The van der Waals surface area contributed by atoms with E-state index in [4.69, 9.17) is 19.9 Å². The lowest BCUT2D eigenvalue weighted by Gasteiger charge is -2.34. The van der Waals surface area contributed by atoms with E-state index in [1.54, 1.807) is 0 Å². The second-order valence-corrected chi connectivity index (χ2v) is 11.4. The summed E-state index contributed by atoms with van der Waals surface area (Å²) in [6.45, 7) is 11.6. The Labute approximate surface area is 229 Å². The molecule has 9 heteroatoms. The molecule has 1 aromatic heterocycles. The standard InChI is InChI=1S/C30H37N5O4/c1-19(2)33-28(37)38-16-24(21-11-10-12-22(15-21)25-20(3)32-18-39-25)35-26(36)30(34-27(35)31,17-29(4,5)6)23-13-8-7-9-14-23/h7-15,18-19,24H,16-17H2,1-6H3,(H2,31,34)(H,33,37)/t24-,30-/m1/s1. The highest BCUT2D eigenvalue weighted by molar-refractivity contribution is 6.07. The van der Waals surface area contributed by atoms with Gasteiger partial charge in [-0.1, -0.05) is 69.3 Å². The molecular formula is C30H37N5O4. The maximum Gasteiger partial charge on any atom is 0.407 e. The van der Waals surface area contributed by atoms with E-state index in [0.717, 1.165) is 16.8 Å². The lowest BCUT2D eigenvalue weighted by molar-refractivity contribution is -0.135. The molecular weight excluding hydrogens is 494 g/mol. The van der Waals surface area contributed by atoms with Crippen LogP contribution in [0.15, 0.2) is 70.4 Å². The van der Waals surface area contributed by atoms with Crippen LogP contribution in [0.1, 0.15) is 63.9 Å². The molecule has 2 aromatic carbocycles.